The predicted molar refractivity (Wildman–Crippen MR) is 79.5 cm³/mol. The molecule has 0 aromatic carbocycles. The van der Waals surface area contributed by atoms with Crippen molar-refractivity contribution in [1.82, 2.24) is 19.5 Å². The first-order valence-electron chi connectivity index (χ1n) is 6.76. The van der Waals surface area contributed by atoms with Gasteiger partial charge in [0.2, 0.25) is 0 Å². The van der Waals surface area contributed by atoms with E-state index < -0.39 is 0 Å². The lowest BCUT2D eigenvalue weighted by Crippen LogP contribution is -1.97. The number of nitrogens with zero attached hydrogens (tertiary/aromatic N) is 4. The van der Waals surface area contributed by atoms with Gasteiger partial charge in [0.25, 0.3) is 0 Å². The van der Waals surface area contributed by atoms with E-state index in [1.807, 2.05) is 25.4 Å². The van der Waals surface area contributed by atoms with E-state index in [2.05, 4.69) is 14.5 Å². The number of fused-ring (bicyclic) bond motifs is 1. The van der Waals surface area contributed by atoms with Gasteiger partial charge in [-0.3, -0.25) is 4.98 Å². The lowest BCUT2D eigenvalue weighted by molar-refractivity contribution is 0.775. The molecule has 5 nitrogen and oxygen atoms in total. The summed E-state index contributed by atoms with van der Waals surface area (Å²) in [5, 5.41) is 0.963. The normalized spacial score (nSPS) is 15.1. The van der Waals surface area contributed by atoms with Gasteiger partial charge < -0.3 is 10.3 Å². The van der Waals surface area contributed by atoms with Gasteiger partial charge in [0.1, 0.15) is 10.5 Å². The van der Waals surface area contributed by atoms with Crippen molar-refractivity contribution in [2.75, 3.05) is 0 Å². The highest BCUT2D eigenvalue weighted by molar-refractivity contribution is 7.15. The fraction of sp³-hybridized carbons (Fsp3) is 0.357. The summed E-state index contributed by atoms with van der Waals surface area (Å²) in [6.07, 6.45) is 6.11. The fourth-order valence-electron chi connectivity index (χ4n) is 2.56. The lowest BCUT2D eigenvalue weighted by atomic mass is 10.3. The Morgan fingerprint density at radius 3 is 2.95 bits per heavy atom. The monoisotopic (exact) mass is 285 g/mol. The van der Waals surface area contributed by atoms with Crippen LogP contribution in [0.4, 0.5) is 0 Å². The molecule has 6 heteroatoms. The van der Waals surface area contributed by atoms with Crippen LogP contribution >= 0.6 is 11.3 Å². The summed E-state index contributed by atoms with van der Waals surface area (Å²) >= 11 is 1.65. The smallest absolute Gasteiger partial charge is 0.153 e. The second kappa shape index (κ2) is 4.36. The van der Waals surface area contributed by atoms with Gasteiger partial charge >= 0.3 is 0 Å². The Morgan fingerprint density at radius 2 is 2.25 bits per heavy atom. The number of imidazole rings is 1. The number of nitrogens with two attached hydrogens (primary N) is 1. The lowest BCUT2D eigenvalue weighted by Gasteiger charge is -2.06. The first kappa shape index (κ1) is 12.0. The van der Waals surface area contributed by atoms with E-state index in [1.54, 1.807) is 11.3 Å². The third-order valence-corrected chi connectivity index (χ3v) is 4.80. The summed E-state index contributed by atoms with van der Waals surface area (Å²) in [6.45, 7) is 2.51. The van der Waals surface area contributed by atoms with Gasteiger partial charge in [0, 0.05) is 18.8 Å². The molecule has 0 atom stereocenters. The molecule has 4 rings (SSSR count). The molecule has 1 aliphatic rings. The average Bonchev–Trinajstić information content (AvgIpc) is 3.12. The molecule has 0 aliphatic heterocycles. The molecule has 0 unspecified atom stereocenters. The maximum Gasteiger partial charge on any atom is 0.153 e. The highest BCUT2D eigenvalue weighted by Gasteiger charge is 2.30. The van der Waals surface area contributed by atoms with Gasteiger partial charge in [0.05, 0.1) is 22.3 Å². The minimum atomic E-state index is 0.483. The fourth-order valence-corrected chi connectivity index (χ4v) is 3.49. The molecule has 1 saturated carbocycles. The Morgan fingerprint density at radius 1 is 1.40 bits per heavy atom. The van der Waals surface area contributed by atoms with Crippen molar-refractivity contribution in [2.45, 2.75) is 32.4 Å². The van der Waals surface area contributed by atoms with E-state index >= 15 is 0 Å². The largest absolute Gasteiger partial charge is 0.325 e. The van der Waals surface area contributed by atoms with Gasteiger partial charge in [-0.1, -0.05) is 0 Å². The molecule has 1 aliphatic carbocycles. The Hall–Kier alpha value is -1.79. The van der Waals surface area contributed by atoms with Gasteiger partial charge in [-0.25, -0.2) is 9.97 Å². The first-order valence-corrected chi connectivity index (χ1v) is 7.58. The van der Waals surface area contributed by atoms with Crippen molar-refractivity contribution in [3.8, 4) is 10.7 Å². The average molecular weight is 285 g/mol. The minimum absolute atomic E-state index is 0.483. The van der Waals surface area contributed by atoms with Crippen molar-refractivity contribution in [3.63, 3.8) is 0 Å². The zero-order chi connectivity index (χ0) is 13.7. The number of thiazole rings is 1. The number of pyridine rings is 1. The third kappa shape index (κ3) is 1.76. The van der Waals surface area contributed by atoms with Crippen LogP contribution in [0.15, 0.2) is 18.5 Å². The quantitative estimate of drug-likeness (QED) is 0.803. The second-order valence-corrected chi connectivity index (χ2v) is 6.21. The molecule has 3 heterocycles. The number of aromatic nitrogens is 4. The molecule has 102 valence electrons. The summed E-state index contributed by atoms with van der Waals surface area (Å²) in [4.78, 5) is 14.6. The minimum Gasteiger partial charge on any atom is -0.325 e. The number of rotatable bonds is 3. The molecule has 20 heavy (non-hydrogen) atoms. The highest BCUT2D eigenvalue weighted by Crippen LogP contribution is 2.42. The van der Waals surface area contributed by atoms with Crippen LogP contribution in [0.2, 0.25) is 0 Å². The topological polar surface area (TPSA) is 69.6 Å². The van der Waals surface area contributed by atoms with Gasteiger partial charge in [-0.05, 0) is 25.8 Å². The van der Waals surface area contributed by atoms with Crippen LogP contribution in [-0.4, -0.2) is 19.5 Å². The maximum absolute atomic E-state index is 5.71. The zero-order valence-electron chi connectivity index (χ0n) is 11.2. The van der Waals surface area contributed by atoms with Crippen LogP contribution < -0.4 is 5.73 Å². The van der Waals surface area contributed by atoms with Crippen molar-refractivity contribution in [3.05, 3.63) is 29.2 Å². The van der Waals surface area contributed by atoms with Crippen LogP contribution in [-0.2, 0) is 6.54 Å². The summed E-state index contributed by atoms with van der Waals surface area (Å²) in [5.41, 5.74) is 8.84. The molecule has 1 fully saturated rings. The van der Waals surface area contributed by atoms with Crippen LogP contribution in [0.5, 0.6) is 0 Å². The van der Waals surface area contributed by atoms with E-state index in [1.165, 1.54) is 18.4 Å². The Kier molecular flexibility index (Phi) is 2.61. The molecule has 3 aromatic heterocycles. The van der Waals surface area contributed by atoms with Gasteiger partial charge in [-0.2, -0.15) is 0 Å². The summed E-state index contributed by atoms with van der Waals surface area (Å²) in [5.74, 6) is 1.02. The van der Waals surface area contributed by atoms with Crippen molar-refractivity contribution in [2.24, 2.45) is 5.73 Å². The molecular formula is C14H15N5S. The standard InChI is InChI=1S/C14H15N5S/c1-8-13(20-12(6-15)17-8)14-18-10-7-16-5-4-11(10)19(14)9-2-3-9/h4-5,7,9H,2-3,6,15H2,1H3. The summed E-state index contributed by atoms with van der Waals surface area (Å²) in [7, 11) is 0. The van der Waals surface area contributed by atoms with E-state index in [4.69, 9.17) is 10.7 Å². The Bertz CT molecular complexity index is 784. The van der Waals surface area contributed by atoms with Crippen molar-refractivity contribution >= 4 is 22.4 Å². The molecule has 0 saturated heterocycles. The third-order valence-electron chi connectivity index (χ3n) is 3.62. The van der Waals surface area contributed by atoms with Crippen LogP contribution in [0.25, 0.3) is 21.7 Å². The van der Waals surface area contributed by atoms with E-state index in [0.717, 1.165) is 26.9 Å². The Labute approximate surface area is 120 Å². The van der Waals surface area contributed by atoms with Crippen LogP contribution in [0.3, 0.4) is 0 Å². The first-order chi connectivity index (χ1) is 9.78. The molecule has 0 radical (unpaired) electrons. The van der Waals surface area contributed by atoms with Crippen molar-refractivity contribution < 1.29 is 0 Å². The molecule has 0 spiro atoms. The summed E-state index contributed by atoms with van der Waals surface area (Å²) < 4.78 is 2.35. The number of hydrogen-bond donors (Lipinski definition) is 1. The molecule has 2 N–H and O–H groups in total. The number of hydrogen-bond acceptors (Lipinski definition) is 5. The van der Waals surface area contributed by atoms with Gasteiger partial charge in [0.15, 0.2) is 5.82 Å². The van der Waals surface area contributed by atoms with Crippen LogP contribution in [0, 0.1) is 6.92 Å². The molecule has 0 amide bonds. The highest BCUT2D eigenvalue weighted by atomic mass is 32.1. The number of aryl methyl sites for hydroxylation is 1. The Balaban J connectivity index is 1.98. The van der Waals surface area contributed by atoms with E-state index in [9.17, 15) is 0 Å². The molecule has 3 aromatic rings. The van der Waals surface area contributed by atoms with Gasteiger partial charge in [-0.15, -0.1) is 11.3 Å². The van der Waals surface area contributed by atoms with E-state index in [-0.39, 0.29) is 0 Å². The van der Waals surface area contributed by atoms with Crippen molar-refractivity contribution in [1.29, 1.82) is 0 Å². The molecule has 0 bridgehead atoms. The summed E-state index contributed by atoms with van der Waals surface area (Å²) in [6, 6.07) is 2.62. The molecular weight excluding hydrogens is 270 g/mol. The maximum atomic E-state index is 5.71. The second-order valence-electron chi connectivity index (χ2n) is 5.13. The zero-order valence-corrected chi connectivity index (χ0v) is 12.0. The SMILES string of the molecule is Cc1nc(CN)sc1-c1nc2cnccc2n1C1CC1. The van der Waals surface area contributed by atoms with E-state index in [0.29, 0.717) is 12.6 Å². The van der Waals surface area contributed by atoms with Crippen LogP contribution in [0.1, 0.15) is 29.6 Å². The predicted octanol–water partition coefficient (Wildman–Crippen LogP) is 2.66.